The van der Waals surface area contributed by atoms with Gasteiger partial charge in [0.05, 0.1) is 49.8 Å². The fourth-order valence-electron chi connectivity index (χ4n) is 9.54. The van der Waals surface area contributed by atoms with Crippen molar-refractivity contribution in [2.24, 2.45) is 0 Å². The molecule has 0 saturated heterocycles. The number of fused-ring (bicyclic) bond motifs is 10. The van der Waals surface area contributed by atoms with Crippen LogP contribution in [0.25, 0.3) is 116 Å². The molecular formula is C50H29N5. The van der Waals surface area contributed by atoms with Crippen molar-refractivity contribution in [2.45, 2.75) is 0 Å². The lowest BCUT2D eigenvalue weighted by Crippen LogP contribution is -2.03. The van der Waals surface area contributed by atoms with Crippen molar-refractivity contribution in [3.05, 3.63) is 176 Å². The molecule has 0 bridgehead atoms. The smallest absolute Gasteiger partial charge is 0.235 e. The molecule has 0 amide bonds. The normalized spacial score (nSPS) is 12.4. The van der Waals surface area contributed by atoms with Crippen LogP contribution in [0.15, 0.2) is 176 Å². The number of rotatable bonds is 3. The molecule has 0 aliphatic heterocycles. The summed E-state index contributed by atoms with van der Waals surface area (Å²) in [6, 6.07) is 63.3. The summed E-state index contributed by atoms with van der Waals surface area (Å²) in [6.45, 7) is 0. The Morgan fingerprint density at radius 2 is 0.927 bits per heavy atom. The Bertz CT molecular complexity index is 3720. The minimum absolute atomic E-state index is 0.658. The molecule has 0 N–H and O–H groups in total. The molecule has 5 heteroatoms. The van der Waals surface area contributed by atoms with Crippen molar-refractivity contribution in [3.63, 3.8) is 0 Å². The van der Waals surface area contributed by atoms with E-state index in [0.717, 1.165) is 44.4 Å². The predicted molar refractivity (Wildman–Crippen MR) is 228 cm³/mol. The Hall–Kier alpha value is -7.50. The van der Waals surface area contributed by atoms with Gasteiger partial charge in [-0.15, -0.1) is 0 Å². The highest BCUT2D eigenvalue weighted by Crippen LogP contribution is 2.45. The zero-order valence-electron chi connectivity index (χ0n) is 29.5. The van der Waals surface area contributed by atoms with Gasteiger partial charge >= 0.3 is 0 Å². The first-order valence-corrected chi connectivity index (χ1v) is 18.8. The van der Waals surface area contributed by atoms with Crippen LogP contribution >= 0.6 is 0 Å². The van der Waals surface area contributed by atoms with Gasteiger partial charge in [-0.25, -0.2) is 9.97 Å². The lowest BCUT2D eigenvalue weighted by atomic mass is 10.0. The number of nitrogens with zero attached hydrogens (tertiary/aromatic N) is 5. The van der Waals surface area contributed by atoms with Crippen molar-refractivity contribution < 1.29 is 0 Å². The Kier molecular flexibility index (Phi) is 5.57. The van der Waals surface area contributed by atoms with Crippen molar-refractivity contribution >= 4 is 92.6 Å². The van der Waals surface area contributed by atoms with Crippen molar-refractivity contribution in [1.82, 2.24) is 23.5 Å². The third kappa shape index (κ3) is 3.76. The van der Waals surface area contributed by atoms with Crippen LogP contribution in [0.3, 0.4) is 0 Å². The minimum Gasteiger partial charge on any atom is -0.309 e. The Balaban J connectivity index is 1.16. The maximum Gasteiger partial charge on any atom is 0.235 e. The van der Waals surface area contributed by atoms with Gasteiger partial charge in [0, 0.05) is 54.3 Å². The maximum absolute atomic E-state index is 5.55. The maximum atomic E-state index is 5.55. The largest absolute Gasteiger partial charge is 0.309 e. The van der Waals surface area contributed by atoms with Crippen molar-refractivity contribution in [3.8, 4) is 22.9 Å². The first-order valence-electron chi connectivity index (χ1n) is 18.8. The molecule has 0 spiro atoms. The monoisotopic (exact) mass is 699 g/mol. The van der Waals surface area contributed by atoms with E-state index in [9.17, 15) is 0 Å². The van der Waals surface area contributed by atoms with Gasteiger partial charge in [0.15, 0.2) is 0 Å². The van der Waals surface area contributed by atoms with Gasteiger partial charge in [0.25, 0.3) is 0 Å². The summed E-state index contributed by atoms with van der Waals surface area (Å²) in [4.78, 5) is 10.9. The summed E-state index contributed by atoms with van der Waals surface area (Å²) in [5.74, 6) is 0.658. The fourth-order valence-corrected chi connectivity index (χ4v) is 9.54. The SMILES string of the molecule is c1ccc(-n2c3ccccc3c3ccc(-c4nc(-n5c6cccc7c8ccccc8n8c9ccccc9c9ccc5c(c76)c98)nc5ccccc45)cc32)cc1. The van der Waals surface area contributed by atoms with Crippen LogP contribution in [0, 0.1) is 0 Å². The van der Waals surface area contributed by atoms with Crippen LogP contribution < -0.4 is 0 Å². The van der Waals surface area contributed by atoms with Gasteiger partial charge in [-0.3, -0.25) is 4.57 Å². The van der Waals surface area contributed by atoms with Crippen LogP contribution in [-0.4, -0.2) is 23.5 Å². The highest BCUT2D eigenvalue weighted by atomic mass is 15.2. The van der Waals surface area contributed by atoms with E-state index in [1.807, 2.05) is 0 Å². The molecule has 5 nitrogen and oxygen atoms in total. The number of aromatic nitrogens is 5. The number of benzene rings is 8. The number of hydrogen-bond acceptors (Lipinski definition) is 2. The molecule has 13 rings (SSSR count). The molecule has 0 aliphatic carbocycles. The summed E-state index contributed by atoms with van der Waals surface area (Å²) in [6.07, 6.45) is 0. The Labute approximate surface area is 313 Å². The average Bonchev–Trinajstić information content (AvgIpc) is 3.86. The molecule has 254 valence electrons. The fraction of sp³-hybridized carbons (Fsp3) is 0. The summed E-state index contributed by atoms with van der Waals surface area (Å²) >= 11 is 0. The van der Waals surface area contributed by atoms with Crippen LogP contribution in [0.2, 0.25) is 0 Å². The Morgan fingerprint density at radius 1 is 0.345 bits per heavy atom. The summed E-state index contributed by atoms with van der Waals surface area (Å²) in [5, 5.41) is 10.8. The van der Waals surface area contributed by atoms with E-state index in [2.05, 4.69) is 189 Å². The first-order chi connectivity index (χ1) is 27.3. The van der Waals surface area contributed by atoms with Gasteiger partial charge in [-0.1, -0.05) is 121 Å². The van der Waals surface area contributed by atoms with Crippen molar-refractivity contribution in [2.75, 3.05) is 0 Å². The van der Waals surface area contributed by atoms with E-state index >= 15 is 0 Å². The van der Waals surface area contributed by atoms with E-state index in [-0.39, 0.29) is 0 Å². The summed E-state index contributed by atoms with van der Waals surface area (Å²) in [7, 11) is 0. The van der Waals surface area contributed by atoms with E-state index in [4.69, 9.17) is 9.97 Å². The van der Waals surface area contributed by atoms with E-state index in [1.54, 1.807) is 0 Å². The number of hydrogen-bond donors (Lipinski definition) is 0. The van der Waals surface area contributed by atoms with E-state index in [1.165, 1.54) is 65.2 Å². The highest BCUT2D eigenvalue weighted by molar-refractivity contribution is 6.33. The molecule has 0 atom stereocenters. The minimum atomic E-state index is 0.658. The second-order valence-corrected chi connectivity index (χ2v) is 14.6. The van der Waals surface area contributed by atoms with Crippen LogP contribution in [0.4, 0.5) is 0 Å². The molecular weight excluding hydrogens is 671 g/mol. The molecule has 0 aliphatic rings. The van der Waals surface area contributed by atoms with E-state index < -0.39 is 0 Å². The van der Waals surface area contributed by atoms with Gasteiger partial charge in [-0.2, -0.15) is 0 Å². The van der Waals surface area contributed by atoms with Crippen LogP contribution in [0.5, 0.6) is 0 Å². The molecule has 5 heterocycles. The quantitative estimate of drug-likeness (QED) is 0.184. The summed E-state index contributed by atoms with van der Waals surface area (Å²) in [5.41, 5.74) is 12.1. The van der Waals surface area contributed by atoms with E-state index in [0.29, 0.717) is 5.95 Å². The van der Waals surface area contributed by atoms with Gasteiger partial charge in [0.1, 0.15) is 0 Å². The molecule has 0 saturated carbocycles. The molecule has 55 heavy (non-hydrogen) atoms. The topological polar surface area (TPSA) is 40.0 Å². The first kappa shape index (κ1) is 29.0. The summed E-state index contributed by atoms with van der Waals surface area (Å²) < 4.78 is 7.13. The molecule has 5 aromatic heterocycles. The zero-order chi connectivity index (χ0) is 35.8. The van der Waals surface area contributed by atoms with Gasteiger partial charge in [0.2, 0.25) is 5.95 Å². The number of para-hydroxylation sites is 5. The Morgan fingerprint density at radius 3 is 1.73 bits per heavy atom. The zero-order valence-corrected chi connectivity index (χ0v) is 29.5. The second kappa shape index (κ2) is 10.6. The average molecular weight is 700 g/mol. The standard InChI is InChI=1S/C50H29N5/c1-2-13-31(14-3-1)53-40-21-9-5-15-32(40)35-26-25-30(29-45(35)53)48-38-18-4-8-20-39(38)51-50(52-48)55-43-24-12-19-36-33-16-6-10-22-41(33)54-42-23-11-7-17-34(42)37-27-28-44(55)47(46(36)43)49(37)54/h1-29H. The van der Waals surface area contributed by atoms with Crippen LogP contribution in [0.1, 0.15) is 0 Å². The van der Waals surface area contributed by atoms with Crippen LogP contribution in [-0.2, 0) is 0 Å². The molecule has 13 aromatic rings. The second-order valence-electron chi connectivity index (χ2n) is 14.6. The van der Waals surface area contributed by atoms with Gasteiger partial charge in [-0.05, 0) is 60.0 Å². The third-order valence-corrected chi connectivity index (χ3v) is 11.8. The van der Waals surface area contributed by atoms with Crippen molar-refractivity contribution in [1.29, 1.82) is 0 Å². The highest BCUT2D eigenvalue weighted by Gasteiger charge is 2.24. The molecule has 0 fully saturated rings. The molecule has 8 aromatic carbocycles. The lowest BCUT2D eigenvalue weighted by Gasteiger charge is -2.13. The lowest BCUT2D eigenvalue weighted by molar-refractivity contribution is 1.01. The molecule has 0 unspecified atom stereocenters. The third-order valence-electron chi connectivity index (χ3n) is 11.8. The van der Waals surface area contributed by atoms with Gasteiger partial charge < -0.3 is 8.97 Å². The predicted octanol–water partition coefficient (Wildman–Crippen LogP) is 12.6. The molecule has 0 radical (unpaired) electrons.